The summed E-state index contributed by atoms with van der Waals surface area (Å²) >= 11 is 0. The first-order valence-corrected chi connectivity index (χ1v) is 6.88. The number of aryl methyl sites for hydroxylation is 1. The lowest BCUT2D eigenvalue weighted by atomic mass is 10.0. The van der Waals surface area contributed by atoms with Crippen molar-refractivity contribution in [1.29, 1.82) is 0 Å². The van der Waals surface area contributed by atoms with Gasteiger partial charge in [0, 0.05) is 12.1 Å². The summed E-state index contributed by atoms with van der Waals surface area (Å²) in [5.74, 6) is -0.257. The topological polar surface area (TPSA) is 58.2 Å². The second kappa shape index (κ2) is 6.36. The number of carbonyl (C=O) groups excluding carboxylic acids is 2. The third-order valence-corrected chi connectivity index (χ3v) is 3.35. The van der Waals surface area contributed by atoms with Crippen LogP contribution in [0.5, 0.6) is 0 Å². The third kappa shape index (κ3) is 3.56. The molecule has 1 aromatic carbocycles. The molecule has 1 aromatic rings. The molecule has 2 rings (SSSR count). The molecule has 1 unspecified atom stereocenters. The van der Waals surface area contributed by atoms with Crippen LogP contribution in [0.3, 0.4) is 0 Å². The highest BCUT2D eigenvalue weighted by atomic mass is 16.2. The number of nitrogens with one attached hydrogen (secondary N) is 2. The van der Waals surface area contributed by atoms with Gasteiger partial charge in [0.2, 0.25) is 5.91 Å². The highest BCUT2D eigenvalue weighted by Gasteiger charge is 2.23. The van der Waals surface area contributed by atoms with Gasteiger partial charge in [-0.1, -0.05) is 25.5 Å². The number of rotatable bonds is 4. The van der Waals surface area contributed by atoms with Gasteiger partial charge in [0.15, 0.2) is 0 Å². The number of benzene rings is 1. The maximum Gasteiger partial charge on any atom is 0.251 e. The summed E-state index contributed by atoms with van der Waals surface area (Å²) in [5, 5.41) is 5.55. The van der Waals surface area contributed by atoms with E-state index in [4.69, 9.17) is 0 Å². The first-order valence-electron chi connectivity index (χ1n) is 6.88. The second-order valence-electron chi connectivity index (χ2n) is 4.91. The molecule has 0 saturated carbocycles. The fourth-order valence-corrected chi connectivity index (χ4v) is 2.26. The van der Waals surface area contributed by atoms with Gasteiger partial charge < -0.3 is 10.6 Å². The number of hydrogen-bond acceptors (Lipinski definition) is 2. The van der Waals surface area contributed by atoms with Gasteiger partial charge in [-0.05, 0) is 37.0 Å². The van der Waals surface area contributed by atoms with Crippen LogP contribution in [0.1, 0.15) is 42.1 Å². The molecule has 4 nitrogen and oxygen atoms in total. The van der Waals surface area contributed by atoms with Crippen LogP contribution in [0.4, 0.5) is 0 Å². The highest BCUT2D eigenvalue weighted by molar-refractivity contribution is 5.97. The van der Waals surface area contributed by atoms with Gasteiger partial charge in [-0.3, -0.25) is 9.59 Å². The number of amides is 2. The van der Waals surface area contributed by atoms with Crippen LogP contribution in [0, 0.1) is 0 Å². The zero-order valence-electron chi connectivity index (χ0n) is 11.2. The van der Waals surface area contributed by atoms with E-state index in [0.717, 1.165) is 19.3 Å². The minimum Gasteiger partial charge on any atom is -0.354 e. The number of piperidine rings is 1. The highest BCUT2D eigenvalue weighted by Crippen LogP contribution is 2.08. The Morgan fingerprint density at radius 1 is 1.37 bits per heavy atom. The van der Waals surface area contributed by atoms with Crippen LogP contribution in [0.25, 0.3) is 0 Å². The normalized spacial score (nSPS) is 18.8. The summed E-state index contributed by atoms with van der Waals surface area (Å²) in [6, 6.07) is 7.19. The van der Waals surface area contributed by atoms with E-state index in [2.05, 4.69) is 17.6 Å². The van der Waals surface area contributed by atoms with E-state index in [-0.39, 0.29) is 11.8 Å². The minimum atomic E-state index is -0.392. The van der Waals surface area contributed by atoms with E-state index in [1.807, 2.05) is 24.3 Å². The van der Waals surface area contributed by atoms with E-state index in [1.165, 1.54) is 5.56 Å². The Kier molecular flexibility index (Phi) is 4.55. The smallest absolute Gasteiger partial charge is 0.251 e. The van der Waals surface area contributed by atoms with Gasteiger partial charge in [0.05, 0.1) is 0 Å². The molecule has 1 aliphatic rings. The van der Waals surface area contributed by atoms with Crippen molar-refractivity contribution >= 4 is 11.8 Å². The fourth-order valence-electron chi connectivity index (χ4n) is 2.26. The molecule has 4 heteroatoms. The Bertz CT molecular complexity index is 454. The number of carbonyl (C=O) groups is 2. The lowest BCUT2D eigenvalue weighted by Crippen LogP contribution is -2.50. The molecule has 0 bridgehead atoms. The molecule has 0 spiro atoms. The predicted octanol–water partition coefficient (Wildman–Crippen LogP) is 1.65. The van der Waals surface area contributed by atoms with E-state index in [9.17, 15) is 9.59 Å². The van der Waals surface area contributed by atoms with Crippen molar-refractivity contribution in [2.24, 2.45) is 0 Å². The van der Waals surface area contributed by atoms with Gasteiger partial charge in [-0.2, -0.15) is 0 Å². The molecule has 1 saturated heterocycles. The Labute approximate surface area is 113 Å². The van der Waals surface area contributed by atoms with Crippen LogP contribution in [0.15, 0.2) is 24.3 Å². The first-order chi connectivity index (χ1) is 9.20. The van der Waals surface area contributed by atoms with E-state index in [1.54, 1.807) is 0 Å². The zero-order chi connectivity index (χ0) is 13.7. The molecular formula is C15H20N2O2. The largest absolute Gasteiger partial charge is 0.354 e. The van der Waals surface area contributed by atoms with Crippen molar-refractivity contribution < 1.29 is 9.59 Å². The molecule has 19 heavy (non-hydrogen) atoms. The van der Waals surface area contributed by atoms with Crippen LogP contribution in [-0.4, -0.2) is 24.4 Å². The van der Waals surface area contributed by atoms with Gasteiger partial charge >= 0.3 is 0 Å². The maximum atomic E-state index is 12.0. The summed E-state index contributed by atoms with van der Waals surface area (Å²) in [4.78, 5) is 23.6. The first kappa shape index (κ1) is 13.6. The molecule has 1 fully saturated rings. The Morgan fingerprint density at radius 3 is 2.74 bits per heavy atom. The Hall–Kier alpha value is -1.84. The van der Waals surface area contributed by atoms with Crippen molar-refractivity contribution in [3.63, 3.8) is 0 Å². The third-order valence-electron chi connectivity index (χ3n) is 3.35. The molecule has 2 N–H and O–H groups in total. The molecule has 1 heterocycles. The van der Waals surface area contributed by atoms with E-state index >= 15 is 0 Å². The van der Waals surface area contributed by atoms with Crippen molar-refractivity contribution in [2.45, 2.75) is 38.6 Å². The van der Waals surface area contributed by atoms with Gasteiger partial charge in [-0.25, -0.2) is 0 Å². The van der Waals surface area contributed by atoms with Gasteiger partial charge in [0.1, 0.15) is 6.04 Å². The van der Waals surface area contributed by atoms with Gasteiger partial charge in [0.25, 0.3) is 5.91 Å². The molecular weight excluding hydrogens is 240 g/mol. The average Bonchev–Trinajstić information content (AvgIpc) is 2.42. The molecule has 0 aliphatic carbocycles. The van der Waals surface area contributed by atoms with Gasteiger partial charge in [-0.15, -0.1) is 0 Å². The number of hydrogen-bond donors (Lipinski definition) is 2. The Morgan fingerprint density at radius 2 is 2.11 bits per heavy atom. The van der Waals surface area contributed by atoms with E-state index < -0.39 is 6.04 Å². The van der Waals surface area contributed by atoms with Crippen molar-refractivity contribution in [3.8, 4) is 0 Å². The van der Waals surface area contributed by atoms with Crippen molar-refractivity contribution in [1.82, 2.24) is 10.6 Å². The summed E-state index contributed by atoms with van der Waals surface area (Å²) < 4.78 is 0. The van der Waals surface area contributed by atoms with Crippen LogP contribution < -0.4 is 10.6 Å². The average molecular weight is 260 g/mol. The maximum absolute atomic E-state index is 12.0. The fraction of sp³-hybridized carbons (Fsp3) is 0.467. The summed E-state index contributed by atoms with van der Waals surface area (Å²) in [6.07, 6.45) is 3.73. The molecule has 1 atom stereocenters. The Balaban J connectivity index is 1.97. The molecule has 2 amide bonds. The monoisotopic (exact) mass is 260 g/mol. The summed E-state index contributed by atoms with van der Waals surface area (Å²) in [6.45, 7) is 2.83. The van der Waals surface area contributed by atoms with Crippen LogP contribution >= 0.6 is 0 Å². The molecule has 0 radical (unpaired) electrons. The summed E-state index contributed by atoms with van der Waals surface area (Å²) in [5.41, 5.74) is 1.84. The quantitative estimate of drug-likeness (QED) is 0.864. The van der Waals surface area contributed by atoms with Crippen molar-refractivity contribution in [2.75, 3.05) is 6.54 Å². The standard InChI is InChI=1S/C15H20N2O2/c1-2-4-11-6-8-12(9-7-11)14(18)17-13-5-3-10-16-15(13)19/h6-9,13H,2-5,10H2,1H3,(H,16,19)(H,17,18). The zero-order valence-corrected chi connectivity index (χ0v) is 11.2. The lowest BCUT2D eigenvalue weighted by Gasteiger charge is -2.22. The second-order valence-corrected chi connectivity index (χ2v) is 4.91. The van der Waals surface area contributed by atoms with Crippen LogP contribution in [-0.2, 0) is 11.2 Å². The van der Waals surface area contributed by atoms with E-state index in [0.29, 0.717) is 18.5 Å². The molecule has 1 aliphatic heterocycles. The molecule has 0 aromatic heterocycles. The minimum absolute atomic E-state index is 0.0813. The molecule has 102 valence electrons. The SMILES string of the molecule is CCCc1ccc(C(=O)NC2CCCNC2=O)cc1. The summed E-state index contributed by atoms with van der Waals surface area (Å²) in [7, 11) is 0. The van der Waals surface area contributed by atoms with Crippen LogP contribution in [0.2, 0.25) is 0 Å². The van der Waals surface area contributed by atoms with Crippen molar-refractivity contribution in [3.05, 3.63) is 35.4 Å². The lowest BCUT2D eigenvalue weighted by molar-refractivity contribution is -0.124. The predicted molar refractivity (Wildman–Crippen MR) is 73.9 cm³/mol.